The van der Waals surface area contributed by atoms with E-state index in [4.69, 9.17) is 5.11 Å². The van der Waals surface area contributed by atoms with Crippen LogP contribution in [-0.2, 0) is 10.0 Å². The van der Waals surface area contributed by atoms with E-state index in [1.807, 2.05) is 12.1 Å². The first-order valence-corrected chi connectivity index (χ1v) is 12.9. The Balaban J connectivity index is 1.46. The maximum atomic E-state index is 12.7. The van der Waals surface area contributed by atoms with Gasteiger partial charge in [-0.15, -0.1) is 11.3 Å². The number of anilines is 1. The Kier molecular flexibility index (Phi) is 6.09. The summed E-state index contributed by atoms with van der Waals surface area (Å²) in [6, 6.07) is 13.8. The number of hydrogen-bond acceptors (Lipinski definition) is 5. The average Bonchev–Trinajstić information content (AvgIpc) is 3.25. The summed E-state index contributed by atoms with van der Waals surface area (Å²) >= 11 is 1.28. The molecule has 1 fully saturated rings. The van der Waals surface area contributed by atoms with Crippen LogP contribution in [0.1, 0.15) is 61.4 Å². The number of carboxylic acid groups (broad SMARTS) is 1. The standard InChI is InChI=1S/C24H26N2O4S2/c1-24(2)13-11-17(12-14-24)16-3-5-18(6-4-16)22-25-21(15-31-22)32(29,30)26-20-9-7-19(8-10-20)23(27)28/h3-10,15,17,26H,11-14H2,1-2H3,(H,27,28). The zero-order valence-corrected chi connectivity index (χ0v) is 19.7. The van der Waals surface area contributed by atoms with E-state index in [9.17, 15) is 13.2 Å². The van der Waals surface area contributed by atoms with Gasteiger partial charge in [0, 0.05) is 16.6 Å². The number of benzene rings is 2. The van der Waals surface area contributed by atoms with Gasteiger partial charge in [0.2, 0.25) is 0 Å². The van der Waals surface area contributed by atoms with Crippen molar-refractivity contribution in [2.24, 2.45) is 5.41 Å². The van der Waals surface area contributed by atoms with Gasteiger partial charge in [0.1, 0.15) is 5.01 Å². The van der Waals surface area contributed by atoms with Gasteiger partial charge in [0.25, 0.3) is 10.0 Å². The highest BCUT2D eigenvalue weighted by atomic mass is 32.2. The minimum absolute atomic E-state index is 0.0570. The fourth-order valence-corrected chi connectivity index (χ4v) is 6.19. The number of aromatic nitrogens is 1. The molecule has 6 nitrogen and oxygen atoms in total. The van der Waals surface area contributed by atoms with Gasteiger partial charge in [-0.05, 0) is 66.8 Å². The first-order chi connectivity index (χ1) is 15.1. The van der Waals surface area contributed by atoms with Crippen LogP contribution in [0.5, 0.6) is 0 Å². The van der Waals surface area contributed by atoms with E-state index in [1.54, 1.807) is 0 Å². The third kappa shape index (κ3) is 5.02. The minimum atomic E-state index is -3.87. The van der Waals surface area contributed by atoms with Crippen LogP contribution in [0.2, 0.25) is 0 Å². The molecule has 0 spiro atoms. The Morgan fingerprint density at radius 2 is 1.69 bits per heavy atom. The maximum Gasteiger partial charge on any atom is 0.335 e. The zero-order chi connectivity index (χ0) is 22.9. The number of carboxylic acids is 1. The van der Waals surface area contributed by atoms with E-state index in [0.717, 1.165) is 5.56 Å². The number of carbonyl (C=O) groups is 1. The Bertz CT molecular complexity index is 1200. The summed E-state index contributed by atoms with van der Waals surface area (Å²) in [5.74, 6) is -0.483. The lowest BCUT2D eigenvalue weighted by atomic mass is 9.71. The van der Waals surface area contributed by atoms with Crippen molar-refractivity contribution >= 4 is 33.0 Å². The molecule has 1 heterocycles. The van der Waals surface area contributed by atoms with E-state index >= 15 is 0 Å². The van der Waals surface area contributed by atoms with Crippen molar-refractivity contribution < 1.29 is 18.3 Å². The molecule has 8 heteroatoms. The molecule has 0 atom stereocenters. The van der Waals surface area contributed by atoms with Crippen molar-refractivity contribution in [3.05, 3.63) is 65.0 Å². The van der Waals surface area contributed by atoms with Crippen LogP contribution >= 0.6 is 11.3 Å². The van der Waals surface area contributed by atoms with Gasteiger partial charge in [-0.1, -0.05) is 38.1 Å². The maximum absolute atomic E-state index is 12.7. The molecule has 4 rings (SSSR count). The summed E-state index contributed by atoms with van der Waals surface area (Å²) in [6.07, 6.45) is 4.87. The predicted octanol–water partition coefficient (Wildman–Crippen LogP) is 5.99. The topological polar surface area (TPSA) is 96.4 Å². The van der Waals surface area contributed by atoms with Crippen LogP contribution < -0.4 is 4.72 Å². The van der Waals surface area contributed by atoms with Crippen molar-refractivity contribution in [3.8, 4) is 10.6 Å². The molecule has 0 unspecified atom stereocenters. The summed E-state index contributed by atoms with van der Waals surface area (Å²) in [6.45, 7) is 4.67. The molecule has 0 radical (unpaired) electrons. The zero-order valence-electron chi connectivity index (χ0n) is 18.0. The van der Waals surface area contributed by atoms with Crippen molar-refractivity contribution in [1.82, 2.24) is 4.98 Å². The van der Waals surface area contributed by atoms with Crippen LogP contribution in [0.4, 0.5) is 5.69 Å². The van der Waals surface area contributed by atoms with Crippen molar-refractivity contribution in [3.63, 3.8) is 0 Å². The van der Waals surface area contributed by atoms with Crippen molar-refractivity contribution in [1.29, 1.82) is 0 Å². The van der Waals surface area contributed by atoms with Crippen molar-refractivity contribution in [2.45, 2.75) is 50.5 Å². The fourth-order valence-electron chi connectivity index (χ4n) is 4.03. The fraction of sp³-hybridized carbons (Fsp3) is 0.333. The van der Waals surface area contributed by atoms with Crippen molar-refractivity contribution in [2.75, 3.05) is 4.72 Å². The summed E-state index contributed by atoms with van der Waals surface area (Å²) in [5, 5.41) is 11.1. The van der Waals surface area contributed by atoms with E-state index in [-0.39, 0.29) is 16.3 Å². The highest BCUT2D eigenvalue weighted by Crippen LogP contribution is 2.42. The molecule has 1 saturated carbocycles. The Morgan fingerprint density at radius 1 is 1.06 bits per heavy atom. The number of nitrogens with zero attached hydrogens (tertiary/aromatic N) is 1. The van der Waals surface area contributed by atoms with Crippen LogP contribution in [-0.4, -0.2) is 24.5 Å². The van der Waals surface area contributed by atoms with E-state index < -0.39 is 16.0 Å². The van der Waals surface area contributed by atoms with Gasteiger partial charge < -0.3 is 5.11 Å². The predicted molar refractivity (Wildman–Crippen MR) is 127 cm³/mol. The van der Waals surface area contributed by atoms with Crippen LogP contribution in [0.25, 0.3) is 10.6 Å². The molecule has 0 amide bonds. The molecule has 0 aliphatic heterocycles. The van der Waals surface area contributed by atoms with Gasteiger partial charge in [-0.2, -0.15) is 8.42 Å². The highest BCUT2D eigenvalue weighted by molar-refractivity contribution is 7.92. The summed E-state index contributed by atoms with van der Waals surface area (Å²) in [7, 11) is -3.87. The quantitative estimate of drug-likeness (QED) is 0.461. The number of aromatic carboxylic acids is 1. The molecular weight excluding hydrogens is 444 g/mol. The van der Waals surface area contributed by atoms with Gasteiger partial charge in [-0.25, -0.2) is 9.78 Å². The minimum Gasteiger partial charge on any atom is -0.478 e. The highest BCUT2D eigenvalue weighted by Gasteiger charge is 2.27. The first-order valence-electron chi connectivity index (χ1n) is 10.6. The third-order valence-corrected chi connectivity index (χ3v) is 8.42. The number of nitrogens with one attached hydrogen (secondary N) is 1. The number of hydrogen-bond donors (Lipinski definition) is 2. The SMILES string of the molecule is CC1(C)CCC(c2ccc(-c3nc(S(=O)(=O)Nc4ccc(C(=O)O)cc4)cs3)cc2)CC1. The summed E-state index contributed by atoms with van der Waals surface area (Å²) in [5.41, 5.74) is 3.03. The second-order valence-corrected chi connectivity index (χ2v) is 11.5. The lowest BCUT2D eigenvalue weighted by Crippen LogP contribution is -2.20. The molecule has 1 aromatic heterocycles. The molecule has 2 aromatic carbocycles. The first kappa shape index (κ1) is 22.5. The lowest BCUT2D eigenvalue weighted by molar-refractivity contribution is 0.0697. The number of rotatable bonds is 6. The molecule has 0 bridgehead atoms. The molecule has 168 valence electrons. The monoisotopic (exact) mass is 470 g/mol. The largest absolute Gasteiger partial charge is 0.478 e. The molecule has 32 heavy (non-hydrogen) atoms. The molecular formula is C24H26N2O4S2. The van der Waals surface area contributed by atoms with Gasteiger partial charge in [0.15, 0.2) is 5.03 Å². The lowest BCUT2D eigenvalue weighted by Gasteiger charge is -2.34. The number of thiazole rings is 1. The van der Waals surface area contributed by atoms with E-state index in [2.05, 4.69) is 35.7 Å². The smallest absolute Gasteiger partial charge is 0.335 e. The second-order valence-electron chi connectivity index (χ2n) is 9.04. The Labute approximate surface area is 192 Å². The molecule has 2 N–H and O–H groups in total. The molecule has 1 aliphatic carbocycles. The normalized spacial score (nSPS) is 16.6. The second kappa shape index (κ2) is 8.67. The van der Waals surface area contributed by atoms with Crippen LogP contribution in [0.15, 0.2) is 58.9 Å². The molecule has 3 aromatic rings. The summed E-state index contributed by atoms with van der Waals surface area (Å²) < 4.78 is 27.8. The van der Waals surface area contributed by atoms with E-state index in [1.165, 1.54) is 72.2 Å². The van der Waals surface area contributed by atoms with Gasteiger partial charge in [0.05, 0.1) is 5.56 Å². The van der Waals surface area contributed by atoms with Crippen LogP contribution in [0.3, 0.4) is 0 Å². The molecule has 1 aliphatic rings. The Hall–Kier alpha value is -2.71. The average molecular weight is 471 g/mol. The summed E-state index contributed by atoms with van der Waals surface area (Å²) in [4.78, 5) is 15.3. The van der Waals surface area contributed by atoms with Gasteiger partial charge >= 0.3 is 5.97 Å². The third-order valence-electron chi connectivity index (χ3n) is 6.11. The van der Waals surface area contributed by atoms with E-state index in [0.29, 0.717) is 16.3 Å². The van der Waals surface area contributed by atoms with Crippen LogP contribution in [0, 0.1) is 5.41 Å². The Morgan fingerprint density at radius 3 is 2.28 bits per heavy atom. The van der Waals surface area contributed by atoms with Gasteiger partial charge in [-0.3, -0.25) is 4.72 Å². The number of sulfonamides is 1. The molecule has 0 saturated heterocycles.